The van der Waals surface area contributed by atoms with Crippen LogP contribution in [0.25, 0.3) is 20.2 Å². The van der Waals surface area contributed by atoms with Gasteiger partial charge in [-0.25, -0.2) is 0 Å². The number of benzene rings is 6. The molecule has 4 unspecified atom stereocenters. The Morgan fingerprint density at radius 3 is 1.89 bits per heavy atom. The largest absolute Gasteiger partial charge is 0.335 e. The number of thiophene rings is 1. The normalized spacial score (nSPS) is 26.0. The predicted octanol–water partition coefficient (Wildman–Crippen LogP) is 15.1. The summed E-state index contributed by atoms with van der Waals surface area (Å²) in [5.41, 5.74) is 21.4. The summed E-state index contributed by atoms with van der Waals surface area (Å²) in [7, 11) is 0. The summed E-state index contributed by atoms with van der Waals surface area (Å²) in [6.07, 6.45) is 9.94. The molecule has 2 fully saturated rings. The van der Waals surface area contributed by atoms with Crippen molar-refractivity contribution in [2.45, 2.75) is 160 Å². The second-order valence-electron chi connectivity index (χ2n) is 24.5. The van der Waals surface area contributed by atoms with Crippen molar-refractivity contribution < 1.29 is 0 Å². The average Bonchev–Trinajstić information content (AvgIpc) is 3.82. The smallest absolute Gasteiger partial charge is 0.252 e. The van der Waals surface area contributed by atoms with Crippen molar-refractivity contribution in [1.82, 2.24) is 0 Å². The Morgan fingerprint density at radius 2 is 1.15 bits per heavy atom. The van der Waals surface area contributed by atoms with Crippen molar-refractivity contribution in [3.63, 3.8) is 0 Å². The molecule has 7 aromatic rings. The van der Waals surface area contributed by atoms with Gasteiger partial charge in [-0.15, -0.1) is 11.3 Å². The zero-order valence-electron chi connectivity index (χ0n) is 41.3. The molecule has 6 aromatic carbocycles. The molecule has 334 valence electrons. The van der Waals surface area contributed by atoms with E-state index in [1.54, 1.807) is 5.56 Å². The van der Waals surface area contributed by atoms with Crippen molar-refractivity contribution in [3.05, 3.63) is 131 Å². The molecule has 0 spiro atoms. The minimum atomic E-state index is -0.0517. The van der Waals surface area contributed by atoms with Gasteiger partial charge in [0, 0.05) is 70.8 Å². The maximum absolute atomic E-state index is 2.90. The Hall–Kier alpha value is -5.00. The van der Waals surface area contributed by atoms with Crippen LogP contribution >= 0.6 is 11.3 Å². The molecule has 0 bridgehead atoms. The highest BCUT2D eigenvalue weighted by atomic mass is 32.1. The minimum absolute atomic E-state index is 0.0158. The number of rotatable bonds is 2. The van der Waals surface area contributed by atoms with Crippen LogP contribution in [-0.2, 0) is 21.7 Å². The summed E-state index contributed by atoms with van der Waals surface area (Å²) in [6, 6.07) is 41.9. The quantitative estimate of drug-likeness (QED) is 0.160. The van der Waals surface area contributed by atoms with E-state index in [1.807, 2.05) is 11.3 Å². The van der Waals surface area contributed by atoms with Crippen LogP contribution in [0.4, 0.5) is 39.8 Å². The molecule has 2 saturated carbocycles. The third kappa shape index (κ3) is 5.12. The van der Waals surface area contributed by atoms with Crippen molar-refractivity contribution in [2.75, 3.05) is 14.7 Å². The van der Waals surface area contributed by atoms with Gasteiger partial charge in [0.05, 0.1) is 11.1 Å². The van der Waals surface area contributed by atoms with E-state index in [1.165, 1.54) is 150 Å². The lowest BCUT2D eigenvalue weighted by atomic mass is 9.33. The summed E-state index contributed by atoms with van der Waals surface area (Å²) in [6.45, 7) is 27.3. The molecule has 13 rings (SSSR count). The number of nitrogens with zero attached hydrogens (tertiary/aromatic N) is 3. The molecular formula is C61H66BN3S. The van der Waals surface area contributed by atoms with Crippen LogP contribution in [0.15, 0.2) is 103 Å². The minimum Gasteiger partial charge on any atom is -0.335 e. The first-order valence-corrected chi connectivity index (χ1v) is 26.1. The molecule has 1 aromatic heterocycles. The number of aryl methyl sites for hydroxylation is 1. The van der Waals surface area contributed by atoms with Gasteiger partial charge in [0.15, 0.2) is 0 Å². The van der Waals surface area contributed by atoms with Crippen LogP contribution in [0.1, 0.15) is 148 Å². The molecule has 4 aliphatic heterocycles. The lowest BCUT2D eigenvalue weighted by Gasteiger charge is -2.53. The molecule has 0 amide bonds. The SMILES string of the molecule is Cc1cc2c3c(c1)N1c4c(cc(C(C)(C)C)cc4C4(C)CCCCC14C)B3c1ccc(N3c4ccc(C(C)(C)C)cc4C4(C)CCCCC34C)cc1N2c1ccc2c(c1)sc1ccccc12. The van der Waals surface area contributed by atoms with Crippen LogP contribution in [0, 0.1) is 6.92 Å². The second-order valence-corrected chi connectivity index (χ2v) is 25.6. The van der Waals surface area contributed by atoms with E-state index in [0.717, 1.165) is 0 Å². The Bertz CT molecular complexity index is 3260. The summed E-state index contributed by atoms with van der Waals surface area (Å²) < 4.78 is 2.70. The van der Waals surface area contributed by atoms with Crippen molar-refractivity contribution in [1.29, 1.82) is 0 Å². The van der Waals surface area contributed by atoms with E-state index in [9.17, 15) is 0 Å². The summed E-state index contributed by atoms with van der Waals surface area (Å²) >= 11 is 1.93. The molecular weight excluding hydrogens is 818 g/mol. The first-order chi connectivity index (χ1) is 31.4. The molecule has 0 N–H and O–H groups in total. The van der Waals surface area contributed by atoms with E-state index in [4.69, 9.17) is 0 Å². The Kier molecular flexibility index (Phi) is 8.22. The number of hydrogen-bond acceptors (Lipinski definition) is 4. The van der Waals surface area contributed by atoms with Gasteiger partial charge in [-0.05, 0) is 150 Å². The van der Waals surface area contributed by atoms with Gasteiger partial charge in [-0.1, -0.05) is 136 Å². The molecule has 5 heteroatoms. The zero-order chi connectivity index (χ0) is 45.7. The highest BCUT2D eigenvalue weighted by Gasteiger charge is 2.62. The second kappa shape index (κ2) is 13.2. The molecule has 0 radical (unpaired) electrons. The Labute approximate surface area is 398 Å². The van der Waals surface area contributed by atoms with Crippen molar-refractivity contribution in [3.8, 4) is 0 Å². The first-order valence-electron chi connectivity index (χ1n) is 25.3. The maximum Gasteiger partial charge on any atom is 0.252 e. The van der Waals surface area contributed by atoms with Gasteiger partial charge in [-0.2, -0.15) is 0 Å². The summed E-state index contributed by atoms with van der Waals surface area (Å²) in [5.74, 6) is 0. The lowest BCUT2D eigenvalue weighted by molar-refractivity contribution is 0.195. The number of fused-ring (bicyclic) bond motifs is 13. The fourth-order valence-corrected chi connectivity index (χ4v) is 15.9. The van der Waals surface area contributed by atoms with E-state index in [0.29, 0.717) is 0 Å². The van der Waals surface area contributed by atoms with Crippen LogP contribution < -0.4 is 31.1 Å². The fourth-order valence-electron chi connectivity index (χ4n) is 14.8. The van der Waals surface area contributed by atoms with Gasteiger partial charge in [0.25, 0.3) is 6.71 Å². The third-order valence-corrected chi connectivity index (χ3v) is 20.0. The zero-order valence-corrected chi connectivity index (χ0v) is 42.1. The highest BCUT2D eigenvalue weighted by molar-refractivity contribution is 7.25. The molecule has 5 heterocycles. The van der Waals surface area contributed by atoms with E-state index in [2.05, 4.69) is 194 Å². The first kappa shape index (κ1) is 41.2. The van der Waals surface area contributed by atoms with Gasteiger partial charge >= 0.3 is 0 Å². The fraction of sp³-hybridized carbons (Fsp3) is 0.410. The highest BCUT2D eigenvalue weighted by Crippen LogP contribution is 2.64. The van der Waals surface area contributed by atoms with Crippen LogP contribution in [0.3, 0.4) is 0 Å². The van der Waals surface area contributed by atoms with Crippen molar-refractivity contribution >= 4 is 94.4 Å². The monoisotopic (exact) mass is 884 g/mol. The van der Waals surface area contributed by atoms with Gasteiger partial charge < -0.3 is 14.7 Å². The van der Waals surface area contributed by atoms with E-state index >= 15 is 0 Å². The summed E-state index contributed by atoms with van der Waals surface area (Å²) in [4.78, 5) is 8.41. The number of anilines is 7. The predicted molar refractivity (Wildman–Crippen MR) is 286 cm³/mol. The van der Waals surface area contributed by atoms with Gasteiger partial charge in [0.2, 0.25) is 0 Å². The Balaban J connectivity index is 1.11. The average molecular weight is 884 g/mol. The molecule has 6 aliphatic rings. The van der Waals surface area contributed by atoms with Gasteiger partial charge in [-0.3, -0.25) is 0 Å². The van der Waals surface area contributed by atoms with Crippen LogP contribution in [0.2, 0.25) is 0 Å². The standard InChI is InChI=1S/C61H66BN3S/c1-37-30-50-54-51(31-37)65-55-45(59(9)27-15-17-29-61(59,65)11)33-39(57(5,6)7)34-47(55)62(54)46-24-22-41(35-49(46)63(50)40-21-23-43-42-18-12-13-19-52(42)66-53(43)36-40)64-48-25-20-38(56(2,3)4)32-44(48)58(8)26-14-16-28-60(58,64)10/h12-13,18-25,30-36H,14-17,26-29H2,1-11H3. The molecule has 3 nitrogen and oxygen atoms in total. The molecule has 4 atom stereocenters. The number of hydrogen-bond donors (Lipinski definition) is 0. The lowest BCUT2D eigenvalue weighted by Crippen LogP contribution is -2.64. The van der Waals surface area contributed by atoms with Crippen LogP contribution in [-0.4, -0.2) is 17.8 Å². The maximum atomic E-state index is 2.90. The third-order valence-electron chi connectivity index (χ3n) is 18.9. The van der Waals surface area contributed by atoms with E-state index < -0.39 is 0 Å². The van der Waals surface area contributed by atoms with E-state index in [-0.39, 0.29) is 39.5 Å². The summed E-state index contributed by atoms with van der Waals surface area (Å²) in [5, 5.41) is 2.70. The molecule has 2 aliphatic carbocycles. The van der Waals surface area contributed by atoms with Crippen molar-refractivity contribution in [2.24, 2.45) is 0 Å². The van der Waals surface area contributed by atoms with Crippen LogP contribution in [0.5, 0.6) is 0 Å². The topological polar surface area (TPSA) is 9.72 Å². The Morgan fingerprint density at radius 1 is 0.515 bits per heavy atom. The molecule has 0 saturated heterocycles. The molecule has 66 heavy (non-hydrogen) atoms. The van der Waals surface area contributed by atoms with Gasteiger partial charge in [0.1, 0.15) is 0 Å².